The molecule has 2 rings (SSSR count). The Kier molecular flexibility index (Phi) is 3.50. The van der Waals surface area contributed by atoms with E-state index < -0.39 is 0 Å². The van der Waals surface area contributed by atoms with Gasteiger partial charge in [-0.05, 0) is 18.6 Å². The number of anilines is 1. The number of rotatable bonds is 4. The van der Waals surface area contributed by atoms with Crippen LogP contribution < -0.4 is 4.90 Å². The van der Waals surface area contributed by atoms with Gasteiger partial charge in [0.05, 0.1) is 11.5 Å². The summed E-state index contributed by atoms with van der Waals surface area (Å²) in [6.45, 7) is 2.36. The second-order valence-corrected chi connectivity index (χ2v) is 4.56. The molecule has 0 fully saturated rings. The third kappa shape index (κ3) is 2.73. The Labute approximate surface area is 111 Å². The van der Waals surface area contributed by atoms with Crippen LogP contribution >= 0.6 is 0 Å². The van der Waals surface area contributed by atoms with Crippen LogP contribution in [0.4, 0.5) is 11.4 Å². The van der Waals surface area contributed by atoms with Crippen LogP contribution in [0.25, 0.3) is 0 Å². The van der Waals surface area contributed by atoms with Gasteiger partial charge in [0, 0.05) is 32.6 Å². The van der Waals surface area contributed by atoms with Crippen LogP contribution in [0.5, 0.6) is 0 Å². The summed E-state index contributed by atoms with van der Waals surface area (Å²) in [7, 11) is 3.73. The van der Waals surface area contributed by atoms with Crippen LogP contribution in [-0.4, -0.2) is 21.5 Å². The van der Waals surface area contributed by atoms with E-state index in [1.54, 1.807) is 18.3 Å². The SMILES string of the molecule is Cc1ccc(N(C)Cc2nccn2C)c([N+](=O)[O-])c1. The minimum atomic E-state index is -0.350. The molecule has 0 unspecified atom stereocenters. The Bertz CT molecular complexity index is 606. The normalized spacial score (nSPS) is 10.5. The second-order valence-electron chi connectivity index (χ2n) is 4.56. The summed E-state index contributed by atoms with van der Waals surface area (Å²) in [5.74, 6) is 0.859. The van der Waals surface area contributed by atoms with Gasteiger partial charge < -0.3 is 9.47 Å². The molecule has 2 aromatic rings. The number of imidazole rings is 1. The molecule has 0 amide bonds. The van der Waals surface area contributed by atoms with Gasteiger partial charge in [0.15, 0.2) is 0 Å². The maximum atomic E-state index is 11.1. The molecule has 0 saturated heterocycles. The van der Waals surface area contributed by atoms with E-state index in [2.05, 4.69) is 4.98 Å². The molecule has 0 aliphatic heterocycles. The summed E-state index contributed by atoms with van der Waals surface area (Å²) in [6.07, 6.45) is 3.57. The van der Waals surface area contributed by atoms with Crippen molar-refractivity contribution in [1.29, 1.82) is 0 Å². The topological polar surface area (TPSA) is 64.2 Å². The third-order valence-electron chi connectivity index (χ3n) is 3.04. The van der Waals surface area contributed by atoms with E-state index in [-0.39, 0.29) is 10.6 Å². The number of nitrogens with zero attached hydrogens (tertiary/aromatic N) is 4. The van der Waals surface area contributed by atoms with Crippen molar-refractivity contribution in [2.24, 2.45) is 7.05 Å². The summed E-state index contributed by atoms with van der Waals surface area (Å²) >= 11 is 0. The highest BCUT2D eigenvalue weighted by molar-refractivity contribution is 5.63. The maximum Gasteiger partial charge on any atom is 0.292 e. The van der Waals surface area contributed by atoms with Crippen LogP contribution in [0.3, 0.4) is 0 Å². The van der Waals surface area contributed by atoms with Crippen LogP contribution in [0.15, 0.2) is 30.6 Å². The Hall–Kier alpha value is -2.37. The Morgan fingerprint density at radius 2 is 2.21 bits per heavy atom. The van der Waals surface area contributed by atoms with Crippen LogP contribution in [0, 0.1) is 17.0 Å². The minimum absolute atomic E-state index is 0.122. The number of nitro benzene ring substituents is 1. The fraction of sp³-hybridized carbons (Fsp3) is 0.308. The minimum Gasteiger partial charge on any atom is -0.362 e. The van der Waals surface area contributed by atoms with Crippen LogP contribution in [0.2, 0.25) is 0 Å². The van der Waals surface area contributed by atoms with Crippen molar-refractivity contribution in [2.45, 2.75) is 13.5 Å². The molecule has 1 aromatic heterocycles. The van der Waals surface area contributed by atoms with Crippen molar-refractivity contribution in [2.75, 3.05) is 11.9 Å². The van der Waals surface area contributed by atoms with Gasteiger partial charge in [0.1, 0.15) is 11.5 Å². The first kappa shape index (κ1) is 13.1. The highest BCUT2D eigenvalue weighted by Gasteiger charge is 2.18. The molecule has 0 saturated carbocycles. The number of hydrogen-bond donors (Lipinski definition) is 0. The van der Waals surface area contributed by atoms with E-state index in [1.165, 1.54) is 0 Å². The standard InChI is InChI=1S/C13H16N4O2/c1-10-4-5-11(12(8-10)17(18)19)16(3)9-13-14-6-7-15(13)2/h4-8H,9H2,1-3H3. The molecular weight excluding hydrogens is 244 g/mol. The molecule has 0 bridgehead atoms. The number of hydrogen-bond acceptors (Lipinski definition) is 4. The lowest BCUT2D eigenvalue weighted by molar-refractivity contribution is -0.384. The van der Waals surface area contributed by atoms with Gasteiger partial charge in [-0.2, -0.15) is 0 Å². The average molecular weight is 260 g/mol. The first-order chi connectivity index (χ1) is 8.99. The summed E-state index contributed by atoms with van der Waals surface area (Å²) in [5.41, 5.74) is 1.59. The molecule has 0 aliphatic rings. The zero-order valence-electron chi connectivity index (χ0n) is 11.2. The van der Waals surface area contributed by atoms with Crippen molar-refractivity contribution in [3.05, 3.63) is 52.1 Å². The molecule has 100 valence electrons. The molecule has 1 aromatic carbocycles. The van der Waals surface area contributed by atoms with Gasteiger partial charge in [0.2, 0.25) is 0 Å². The van der Waals surface area contributed by atoms with Crippen LogP contribution in [-0.2, 0) is 13.6 Å². The Balaban J connectivity index is 2.31. The summed E-state index contributed by atoms with van der Waals surface area (Å²) in [5, 5.41) is 11.1. The van der Waals surface area contributed by atoms with Crippen molar-refractivity contribution >= 4 is 11.4 Å². The summed E-state index contributed by atoms with van der Waals surface area (Å²) in [4.78, 5) is 16.8. The predicted octanol–water partition coefficient (Wildman–Crippen LogP) is 2.27. The van der Waals surface area contributed by atoms with Gasteiger partial charge >= 0.3 is 0 Å². The van der Waals surface area contributed by atoms with Crippen molar-refractivity contribution < 1.29 is 4.92 Å². The fourth-order valence-corrected chi connectivity index (χ4v) is 1.95. The lowest BCUT2D eigenvalue weighted by Crippen LogP contribution is -2.20. The number of aryl methyl sites for hydroxylation is 2. The monoisotopic (exact) mass is 260 g/mol. The predicted molar refractivity (Wildman–Crippen MR) is 73.1 cm³/mol. The number of benzene rings is 1. The smallest absolute Gasteiger partial charge is 0.292 e. The molecule has 6 heteroatoms. The number of aromatic nitrogens is 2. The van der Waals surface area contributed by atoms with Crippen LogP contribution in [0.1, 0.15) is 11.4 Å². The van der Waals surface area contributed by atoms with Crippen molar-refractivity contribution in [3.63, 3.8) is 0 Å². The van der Waals surface area contributed by atoms with Crippen molar-refractivity contribution in [1.82, 2.24) is 9.55 Å². The quantitative estimate of drug-likeness (QED) is 0.625. The zero-order chi connectivity index (χ0) is 14.0. The van der Waals surface area contributed by atoms with Gasteiger partial charge in [-0.3, -0.25) is 10.1 Å². The summed E-state index contributed by atoms with van der Waals surface area (Å²) < 4.78 is 1.90. The van der Waals surface area contributed by atoms with E-state index in [1.807, 2.05) is 42.7 Å². The zero-order valence-corrected chi connectivity index (χ0v) is 11.2. The molecule has 0 atom stereocenters. The lowest BCUT2D eigenvalue weighted by atomic mass is 10.2. The molecule has 19 heavy (non-hydrogen) atoms. The Morgan fingerprint density at radius 3 is 2.79 bits per heavy atom. The average Bonchev–Trinajstić information content (AvgIpc) is 2.74. The molecular formula is C13H16N4O2. The van der Waals surface area contributed by atoms with Gasteiger partial charge in [-0.1, -0.05) is 6.07 Å². The van der Waals surface area contributed by atoms with E-state index in [4.69, 9.17) is 0 Å². The maximum absolute atomic E-state index is 11.1. The van der Waals surface area contributed by atoms with Gasteiger partial charge in [-0.15, -0.1) is 0 Å². The van der Waals surface area contributed by atoms with Crippen molar-refractivity contribution in [3.8, 4) is 0 Å². The highest BCUT2D eigenvalue weighted by atomic mass is 16.6. The van der Waals surface area contributed by atoms with E-state index >= 15 is 0 Å². The largest absolute Gasteiger partial charge is 0.362 e. The molecule has 0 spiro atoms. The molecule has 0 aliphatic carbocycles. The summed E-state index contributed by atoms with van der Waals surface area (Å²) in [6, 6.07) is 5.23. The van der Waals surface area contributed by atoms with Gasteiger partial charge in [0.25, 0.3) is 5.69 Å². The molecule has 6 nitrogen and oxygen atoms in total. The van der Waals surface area contributed by atoms with Gasteiger partial charge in [-0.25, -0.2) is 4.98 Å². The lowest BCUT2D eigenvalue weighted by Gasteiger charge is -2.19. The fourth-order valence-electron chi connectivity index (χ4n) is 1.95. The Morgan fingerprint density at radius 1 is 1.47 bits per heavy atom. The molecule has 0 radical (unpaired) electrons. The second kappa shape index (κ2) is 5.09. The first-order valence-corrected chi connectivity index (χ1v) is 5.91. The van der Waals surface area contributed by atoms with E-state index in [0.717, 1.165) is 11.4 Å². The van der Waals surface area contributed by atoms with E-state index in [9.17, 15) is 10.1 Å². The third-order valence-corrected chi connectivity index (χ3v) is 3.04. The number of nitro groups is 1. The highest BCUT2D eigenvalue weighted by Crippen LogP contribution is 2.28. The molecule has 1 heterocycles. The molecule has 0 N–H and O–H groups in total. The van der Waals surface area contributed by atoms with E-state index in [0.29, 0.717) is 12.2 Å². The first-order valence-electron chi connectivity index (χ1n) is 5.91.